The van der Waals surface area contributed by atoms with E-state index < -0.39 is 48.7 Å². The summed E-state index contributed by atoms with van der Waals surface area (Å²) in [5.41, 5.74) is -10.4. The van der Waals surface area contributed by atoms with Crippen LogP contribution in [0.1, 0.15) is 54.8 Å². The SMILES string of the molecule is C.C.N#CC1CC2C=CC1C2.NCC1CC2C=CC1C2.O=S(=O)(NCC1CC2C=CC1C2)C(F)(F)F.O=S(=O)(OOOSC(F)(F)F)C(F)(F)F.[AlH3].[H-].[Li+]. The first-order valence-electron chi connectivity index (χ1n) is 14.8. The van der Waals surface area contributed by atoms with Crippen LogP contribution in [0.25, 0.3) is 0 Å². The van der Waals surface area contributed by atoms with E-state index in [1.165, 1.54) is 19.3 Å². The average molecular weight is 850 g/mol. The standard InChI is InChI=1S/C9H12F3NO2S.C8H13N.C8H9N.C2F6O5S2.2CH4.Al.Li.4H/c10-9(11,12)16(14,15)13-5-8-4-6-1-2-7(8)3-6;2*9-5-8-4-6-1-2-7(8)3-6;3-1(4,5)14-12-11-13-15(9,10)2(6,7)8;;;;;;;;/h1-2,6-8,13H,3-5H2;1-2,6-8H,3-5,9H2;1-2,6-8H,3-4H2;;2*1H4;;;;;;/q;;;;;;;+1;;;;-1. The average Bonchev–Trinajstić information content (AvgIpc) is 3.86. The van der Waals surface area contributed by atoms with Crippen LogP contribution in [0, 0.1) is 64.6 Å². The van der Waals surface area contributed by atoms with Gasteiger partial charge in [0.25, 0.3) is 0 Å². The molecule has 6 bridgehead atoms. The van der Waals surface area contributed by atoms with Gasteiger partial charge in [-0.25, -0.2) is 13.1 Å². The summed E-state index contributed by atoms with van der Waals surface area (Å²) < 4.78 is 153. The summed E-state index contributed by atoms with van der Waals surface area (Å²) in [7, 11) is -11.3. The minimum atomic E-state index is -6.14. The van der Waals surface area contributed by atoms with Gasteiger partial charge in [-0.1, -0.05) is 55.6 Å². The van der Waals surface area contributed by atoms with Crippen LogP contribution in [0.2, 0.25) is 0 Å². The predicted octanol–water partition coefficient (Wildman–Crippen LogP) is 3.61. The Kier molecular flexibility index (Phi) is 22.8. The smallest absolute Gasteiger partial charge is 1.00 e. The van der Waals surface area contributed by atoms with Crippen LogP contribution in [0.4, 0.5) is 39.5 Å². The Hall–Kier alpha value is -0.740. The number of nitriles is 1. The Morgan fingerprint density at radius 1 is 0.755 bits per heavy atom. The van der Waals surface area contributed by atoms with Crippen molar-refractivity contribution in [3.63, 3.8) is 0 Å². The second-order valence-corrected chi connectivity index (χ2v) is 16.3. The number of sulfonamides is 1. The van der Waals surface area contributed by atoms with Crippen LogP contribution in [-0.4, -0.2) is 63.8 Å². The maximum Gasteiger partial charge on any atom is 1.00 e. The van der Waals surface area contributed by atoms with Gasteiger partial charge >= 0.3 is 55.5 Å². The first-order chi connectivity index (χ1) is 22.5. The van der Waals surface area contributed by atoms with Gasteiger partial charge in [0.2, 0.25) is 0 Å². The molecule has 6 aliphatic carbocycles. The third-order valence-corrected chi connectivity index (χ3v) is 11.2. The zero-order valence-electron chi connectivity index (χ0n) is 27.3. The van der Waals surface area contributed by atoms with Gasteiger partial charge in [0.05, 0.1) is 12.0 Å². The fourth-order valence-electron chi connectivity index (χ4n) is 6.66. The van der Waals surface area contributed by atoms with E-state index in [1.807, 2.05) is 6.08 Å². The van der Waals surface area contributed by atoms with Crippen molar-refractivity contribution in [2.24, 2.45) is 59.0 Å². The van der Waals surface area contributed by atoms with E-state index in [2.05, 4.69) is 50.2 Å². The van der Waals surface area contributed by atoms with Crippen molar-refractivity contribution in [1.82, 2.24) is 4.72 Å². The van der Waals surface area contributed by atoms with Crippen molar-refractivity contribution in [1.29, 1.82) is 5.26 Å². The summed E-state index contributed by atoms with van der Waals surface area (Å²) in [5, 5.41) is 11.3. The molecule has 53 heavy (non-hydrogen) atoms. The number of hydrogen-bond acceptors (Lipinski definition) is 10. The van der Waals surface area contributed by atoms with Crippen LogP contribution in [0.5, 0.6) is 0 Å². The monoisotopic (exact) mass is 849 g/mol. The fraction of sp³-hybridized carbons (Fsp3) is 0.759. The molecule has 0 aromatic rings. The molecule has 0 saturated heterocycles. The van der Waals surface area contributed by atoms with Gasteiger partial charge in [-0.3, -0.25) is 0 Å². The molecule has 0 aromatic heterocycles. The molecule has 3 fully saturated rings. The molecular formula is C29H46AlF9LiN3O7S3. The van der Waals surface area contributed by atoms with E-state index in [0.717, 1.165) is 49.5 Å². The number of nitrogens with zero attached hydrogens (tertiary/aromatic N) is 1. The first kappa shape index (κ1) is 54.4. The molecule has 10 nitrogen and oxygen atoms in total. The second-order valence-electron chi connectivity index (χ2n) is 12.3. The van der Waals surface area contributed by atoms with Gasteiger partial charge in [-0.2, -0.15) is 53.2 Å². The molecule has 9 unspecified atom stereocenters. The van der Waals surface area contributed by atoms with Crippen molar-refractivity contribution < 1.29 is 90.3 Å². The number of rotatable bonds is 8. The fourth-order valence-corrected chi connectivity index (χ4v) is 7.60. The topological polar surface area (TPSA) is 158 Å². The first-order valence-corrected chi connectivity index (χ1v) is 18.5. The molecule has 0 aliphatic heterocycles. The molecule has 6 aliphatic rings. The largest absolute Gasteiger partial charge is 1.00 e. The second kappa shape index (κ2) is 22.3. The van der Waals surface area contributed by atoms with Gasteiger partial charge in [0.15, 0.2) is 17.4 Å². The van der Waals surface area contributed by atoms with E-state index in [4.69, 9.17) is 11.0 Å². The quantitative estimate of drug-likeness (QED) is 0.0541. The van der Waals surface area contributed by atoms with Crippen LogP contribution in [-0.2, 0) is 33.8 Å². The number of fused-ring (bicyclic) bond motifs is 6. The number of hydrogen-bond donors (Lipinski definition) is 2. The Balaban J connectivity index is -0.000000638. The zero-order valence-corrected chi connectivity index (χ0v) is 28.8. The van der Waals surface area contributed by atoms with Crippen molar-refractivity contribution in [3.05, 3.63) is 36.5 Å². The van der Waals surface area contributed by atoms with Gasteiger partial charge in [0.1, 0.15) is 12.0 Å². The van der Waals surface area contributed by atoms with E-state index in [-0.39, 0.29) is 70.9 Å². The number of nitrogens with one attached hydrogen (secondary N) is 1. The summed E-state index contributed by atoms with van der Waals surface area (Å²) in [5.74, 6) is 4.93. The number of allylic oxidation sites excluding steroid dienone is 6. The molecule has 0 amide bonds. The van der Waals surface area contributed by atoms with Crippen molar-refractivity contribution in [2.75, 3.05) is 13.1 Å². The minimum absolute atomic E-state index is 0. The van der Waals surface area contributed by atoms with Crippen LogP contribution < -0.4 is 29.3 Å². The van der Waals surface area contributed by atoms with E-state index in [1.54, 1.807) is 4.72 Å². The van der Waals surface area contributed by atoms with Crippen molar-refractivity contribution in [3.8, 4) is 6.07 Å². The molecule has 3 N–H and O–H groups in total. The third kappa shape index (κ3) is 16.3. The Morgan fingerprint density at radius 3 is 1.49 bits per heavy atom. The molecule has 0 spiro atoms. The molecule has 9 atom stereocenters. The normalized spacial score (nSPS) is 29.8. The van der Waals surface area contributed by atoms with Gasteiger partial charge in [0, 0.05) is 6.54 Å². The third-order valence-electron chi connectivity index (χ3n) is 8.98. The Labute approximate surface area is 332 Å². The molecule has 0 heterocycles. The molecular weight excluding hydrogens is 803 g/mol. The molecule has 304 valence electrons. The van der Waals surface area contributed by atoms with E-state index in [0.29, 0.717) is 17.8 Å². The van der Waals surface area contributed by atoms with Crippen LogP contribution >= 0.6 is 12.0 Å². The number of halogens is 9. The summed E-state index contributed by atoms with van der Waals surface area (Å²) in [6, 6.07) is 2.34. The maximum absolute atomic E-state index is 12.0. The van der Waals surface area contributed by atoms with E-state index in [9.17, 15) is 56.3 Å². The maximum atomic E-state index is 12.0. The predicted molar refractivity (Wildman–Crippen MR) is 181 cm³/mol. The zero-order chi connectivity index (χ0) is 36.8. The molecule has 3 saturated carbocycles. The molecule has 0 aromatic carbocycles. The van der Waals surface area contributed by atoms with E-state index >= 15 is 0 Å². The van der Waals surface area contributed by atoms with Crippen LogP contribution in [0.3, 0.4) is 0 Å². The summed E-state index contributed by atoms with van der Waals surface area (Å²) in [6.07, 6.45) is 20.1. The number of alkyl halides is 9. The number of nitrogens with two attached hydrogens (primary N) is 1. The minimum Gasteiger partial charge on any atom is -1.00 e. The summed E-state index contributed by atoms with van der Waals surface area (Å²) in [4.78, 5) is 0. The van der Waals surface area contributed by atoms with Gasteiger partial charge < -0.3 is 7.16 Å². The molecule has 0 radical (unpaired) electrons. The van der Waals surface area contributed by atoms with Crippen molar-refractivity contribution in [2.45, 2.75) is 69.9 Å². The van der Waals surface area contributed by atoms with Gasteiger partial charge in [-0.15, -0.1) is 4.33 Å². The van der Waals surface area contributed by atoms with Crippen molar-refractivity contribution >= 4 is 49.5 Å². The van der Waals surface area contributed by atoms with Gasteiger partial charge in [-0.05, 0) is 97.5 Å². The molecule has 24 heteroatoms. The summed E-state index contributed by atoms with van der Waals surface area (Å²) >= 11 is -1.39. The summed E-state index contributed by atoms with van der Waals surface area (Å²) in [6.45, 7) is 0.777. The molecule has 6 rings (SSSR count). The Bertz CT molecular complexity index is 1490. The van der Waals surface area contributed by atoms with Crippen LogP contribution in [0.15, 0.2) is 36.5 Å². The Morgan fingerprint density at radius 2 is 1.21 bits per heavy atom.